The number of rotatable bonds is 7. The van der Waals surface area contributed by atoms with Crippen LogP contribution in [0.1, 0.15) is 18.4 Å². The number of nitrogens with one attached hydrogen (secondary N) is 2. The Balaban J connectivity index is 0.00000364. The van der Waals surface area contributed by atoms with E-state index in [1.807, 2.05) is 36.4 Å². The number of methoxy groups -OCH3 is 3. The van der Waals surface area contributed by atoms with Crippen LogP contribution in [0.3, 0.4) is 0 Å². The van der Waals surface area contributed by atoms with Crippen LogP contribution in [0.25, 0.3) is 0 Å². The van der Waals surface area contributed by atoms with Gasteiger partial charge in [0.15, 0.2) is 17.5 Å². The van der Waals surface area contributed by atoms with Gasteiger partial charge >= 0.3 is 0 Å². The molecule has 2 aromatic rings. The Morgan fingerprint density at radius 2 is 1.63 bits per heavy atom. The number of hydrogen-bond acceptors (Lipinski definition) is 4. The predicted molar refractivity (Wildman–Crippen MR) is 121 cm³/mol. The van der Waals surface area contributed by atoms with Crippen LogP contribution in [0.5, 0.6) is 17.2 Å². The normalized spacial score (nSPS) is 11.8. The number of nitrogens with zero attached hydrogens (tertiary/aromatic N) is 1. The molecule has 0 aliphatic carbocycles. The maximum absolute atomic E-state index is 5.44. The summed E-state index contributed by atoms with van der Waals surface area (Å²) in [4.78, 5) is 4.28. The van der Waals surface area contributed by atoms with Gasteiger partial charge < -0.3 is 24.8 Å². The summed E-state index contributed by atoms with van der Waals surface area (Å²) in [5.41, 5.74) is 2.02. The highest BCUT2D eigenvalue weighted by atomic mass is 127. The Hall–Kier alpha value is -2.16. The minimum absolute atomic E-state index is 0. The third kappa shape index (κ3) is 6.20. The lowest BCUT2D eigenvalue weighted by Crippen LogP contribution is -2.33. The molecule has 0 fully saturated rings. The van der Waals surface area contributed by atoms with Gasteiger partial charge in [-0.3, -0.25) is 4.99 Å². The molecule has 0 spiro atoms. The van der Waals surface area contributed by atoms with Gasteiger partial charge in [0, 0.05) is 31.3 Å². The van der Waals surface area contributed by atoms with E-state index in [0.717, 1.165) is 17.0 Å². The first kappa shape index (κ1) is 22.9. The summed E-state index contributed by atoms with van der Waals surface area (Å²) in [6.45, 7) is 2.86. The Morgan fingerprint density at radius 1 is 0.963 bits per heavy atom. The number of anilines is 1. The van der Waals surface area contributed by atoms with Gasteiger partial charge in [-0.15, -0.1) is 24.0 Å². The molecule has 2 rings (SSSR count). The fourth-order valence-electron chi connectivity index (χ4n) is 2.66. The Morgan fingerprint density at radius 3 is 2.26 bits per heavy atom. The molecular weight excluding hydrogens is 457 g/mol. The average Bonchev–Trinajstić information content (AvgIpc) is 2.70. The van der Waals surface area contributed by atoms with Gasteiger partial charge in [0.1, 0.15) is 5.75 Å². The summed E-state index contributed by atoms with van der Waals surface area (Å²) in [5.74, 6) is 3.18. The molecule has 0 bridgehead atoms. The highest BCUT2D eigenvalue weighted by molar-refractivity contribution is 14.0. The van der Waals surface area contributed by atoms with Crippen LogP contribution < -0.4 is 24.8 Å². The summed E-state index contributed by atoms with van der Waals surface area (Å²) in [6.07, 6.45) is 0. The summed E-state index contributed by atoms with van der Waals surface area (Å²) in [6, 6.07) is 13.7. The van der Waals surface area contributed by atoms with Crippen LogP contribution in [-0.2, 0) is 0 Å². The van der Waals surface area contributed by atoms with E-state index in [4.69, 9.17) is 14.2 Å². The zero-order valence-electron chi connectivity index (χ0n) is 16.4. The second-order valence-electron chi connectivity index (χ2n) is 5.79. The SMILES string of the molecule is CN=C(NCC(C)c1ccccc1OC)Nc1ccc(OC)c(OC)c1.I. The van der Waals surface area contributed by atoms with E-state index in [-0.39, 0.29) is 29.9 Å². The van der Waals surface area contributed by atoms with Crippen molar-refractivity contribution >= 4 is 35.6 Å². The third-order valence-corrected chi connectivity index (χ3v) is 4.12. The van der Waals surface area contributed by atoms with Crippen molar-refractivity contribution in [2.24, 2.45) is 4.99 Å². The molecule has 0 heterocycles. The van der Waals surface area contributed by atoms with Gasteiger partial charge in [0.2, 0.25) is 0 Å². The van der Waals surface area contributed by atoms with Crippen LogP contribution in [0.4, 0.5) is 5.69 Å². The van der Waals surface area contributed by atoms with E-state index < -0.39 is 0 Å². The molecule has 27 heavy (non-hydrogen) atoms. The van der Waals surface area contributed by atoms with Crippen LogP contribution in [0, 0.1) is 0 Å². The smallest absolute Gasteiger partial charge is 0.195 e. The van der Waals surface area contributed by atoms with E-state index in [9.17, 15) is 0 Å². The number of benzene rings is 2. The quantitative estimate of drug-likeness (QED) is 0.351. The number of hydrogen-bond donors (Lipinski definition) is 2. The number of aliphatic imine (C=N–C) groups is 1. The average molecular weight is 485 g/mol. The molecular formula is C20H28IN3O3. The molecule has 0 amide bonds. The molecule has 1 atom stereocenters. The Labute approximate surface area is 178 Å². The van der Waals surface area contributed by atoms with Crippen LogP contribution >= 0.6 is 24.0 Å². The van der Waals surface area contributed by atoms with Gasteiger partial charge in [0.05, 0.1) is 21.3 Å². The van der Waals surface area contributed by atoms with Gasteiger partial charge in [0.25, 0.3) is 0 Å². The highest BCUT2D eigenvalue weighted by Crippen LogP contribution is 2.29. The number of ether oxygens (including phenoxy) is 3. The zero-order valence-corrected chi connectivity index (χ0v) is 18.7. The first-order chi connectivity index (χ1) is 12.6. The van der Waals surface area contributed by atoms with Gasteiger partial charge in [-0.1, -0.05) is 25.1 Å². The number of guanidine groups is 1. The molecule has 7 heteroatoms. The van der Waals surface area contributed by atoms with E-state index in [0.29, 0.717) is 24.0 Å². The van der Waals surface area contributed by atoms with E-state index in [1.165, 1.54) is 0 Å². The lowest BCUT2D eigenvalue weighted by atomic mass is 10.0. The second kappa shape index (κ2) is 11.5. The fraction of sp³-hybridized carbons (Fsp3) is 0.350. The second-order valence-corrected chi connectivity index (χ2v) is 5.79. The zero-order chi connectivity index (χ0) is 18.9. The molecule has 0 aliphatic heterocycles. The van der Waals surface area contributed by atoms with Crippen molar-refractivity contribution in [2.75, 3.05) is 40.2 Å². The van der Waals surface area contributed by atoms with Crippen molar-refractivity contribution in [2.45, 2.75) is 12.8 Å². The summed E-state index contributed by atoms with van der Waals surface area (Å²) in [5, 5.41) is 6.61. The third-order valence-electron chi connectivity index (χ3n) is 4.12. The molecule has 1 unspecified atom stereocenters. The van der Waals surface area contributed by atoms with Crippen LogP contribution in [-0.4, -0.2) is 40.9 Å². The van der Waals surface area contributed by atoms with Crippen molar-refractivity contribution in [3.8, 4) is 17.2 Å². The van der Waals surface area contributed by atoms with Crippen LogP contribution in [0.2, 0.25) is 0 Å². The first-order valence-electron chi connectivity index (χ1n) is 8.45. The Kier molecular flexibility index (Phi) is 9.77. The van der Waals surface area contributed by atoms with Crippen molar-refractivity contribution in [1.29, 1.82) is 0 Å². The van der Waals surface area contributed by atoms with Crippen molar-refractivity contribution < 1.29 is 14.2 Å². The Bertz CT molecular complexity index is 753. The monoisotopic (exact) mass is 485 g/mol. The van der Waals surface area contributed by atoms with E-state index >= 15 is 0 Å². The molecule has 0 aliphatic rings. The summed E-state index contributed by atoms with van der Waals surface area (Å²) in [7, 11) is 6.66. The summed E-state index contributed by atoms with van der Waals surface area (Å²) >= 11 is 0. The van der Waals surface area contributed by atoms with Crippen LogP contribution in [0.15, 0.2) is 47.5 Å². The largest absolute Gasteiger partial charge is 0.496 e. The minimum atomic E-state index is 0. The number of halogens is 1. The summed E-state index contributed by atoms with van der Waals surface area (Å²) < 4.78 is 16.0. The van der Waals surface area contributed by atoms with Crippen molar-refractivity contribution in [1.82, 2.24) is 5.32 Å². The van der Waals surface area contributed by atoms with E-state index in [1.54, 1.807) is 28.4 Å². The lowest BCUT2D eigenvalue weighted by molar-refractivity contribution is 0.355. The molecule has 0 radical (unpaired) electrons. The molecule has 0 saturated carbocycles. The topological polar surface area (TPSA) is 64.1 Å². The number of para-hydroxylation sites is 1. The standard InChI is InChI=1S/C20H27N3O3.HI/c1-14(16-8-6-7-9-17(16)24-3)13-22-20(21-2)23-15-10-11-18(25-4)19(12-15)26-5;/h6-12,14H,13H2,1-5H3,(H2,21,22,23);1H. The fourth-order valence-corrected chi connectivity index (χ4v) is 2.66. The lowest BCUT2D eigenvalue weighted by Gasteiger charge is -2.18. The van der Waals surface area contributed by atoms with E-state index in [2.05, 4.69) is 28.6 Å². The highest BCUT2D eigenvalue weighted by Gasteiger charge is 2.12. The molecule has 0 saturated heterocycles. The minimum Gasteiger partial charge on any atom is -0.496 e. The van der Waals surface area contributed by atoms with Gasteiger partial charge in [-0.2, -0.15) is 0 Å². The maximum Gasteiger partial charge on any atom is 0.195 e. The molecule has 2 N–H and O–H groups in total. The molecule has 2 aromatic carbocycles. The molecule has 148 valence electrons. The van der Waals surface area contributed by atoms with Crippen molar-refractivity contribution in [3.63, 3.8) is 0 Å². The van der Waals surface area contributed by atoms with Gasteiger partial charge in [-0.05, 0) is 23.8 Å². The molecule has 0 aromatic heterocycles. The van der Waals surface area contributed by atoms with Crippen molar-refractivity contribution in [3.05, 3.63) is 48.0 Å². The first-order valence-corrected chi connectivity index (χ1v) is 8.45. The predicted octanol–water partition coefficient (Wildman–Crippen LogP) is 4.12. The molecule has 6 nitrogen and oxygen atoms in total. The maximum atomic E-state index is 5.44. The van der Waals surface area contributed by atoms with Gasteiger partial charge in [-0.25, -0.2) is 0 Å².